The fraction of sp³-hybridized carbons (Fsp3) is 0. The predicted molar refractivity (Wildman–Crippen MR) is 81.9 cm³/mol. The minimum Gasteiger partial charge on any atom is -0.477 e. The lowest BCUT2D eigenvalue weighted by Gasteiger charge is -1.99. The first-order valence-corrected chi connectivity index (χ1v) is 7.07. The van der Waals surface area contributed by atoms with Crippen molar-refractivity contribution < 1.29 is 14.3 Å². The molecule has 2 aromatic carbocycles. The summed E-state index contributed by atoms with van der Waals surface area (Å²) >= 11 is 1.00. The smallest absolute Gasteiger partial charge is 0.342 e. The van der Waals surface area contributed by atoms with E-state index in [1.165, 1.54) is 0 Å². The second-order valence-corrected chi connectivity index (χ2v) is 5.27. The average Bonchev–Trinajstić information content (AvgIpc) is 2.90. The summed E-state index contributed by atoms with van der Waals surface area (Å²) < 4.78 is 5.53. The van der Waals surface area contributed by atoms with Crippen LogP contribution in [0.4, 0.5) is 0 Å². The number of oxazole rings is 1. The summed E-state index contributed by atoms with van der Waals surface area (Å²) in [7, 11) is 0. The van der Waals surface area contributed by atoms with Crippen molar-refractivity contribution in [1.82, 2.24) is 4.98 Å². The van der Waals surface area contributed by atoms with Gasteiger partial charge in [0.1, 0.15) is 10.4 Å². The van der Waals surface area contributed by atoms with Crippen LogP contribution in [0.5, 0.6) is 0 Å². The Hall–Kier alpha value is -2.53. The molecule has 1 heterocycles. The molecule has 1 N–H and O–H groups in total. The highest BCUT2D eigenvalue weighted by atomic mass is 32.2. The van der Waals surface area contributed by atoms with Crippen LogP contribution in [0.25, 0.3) is 17.2 Å². The molecule has 0 radical (unpaired) electrons. The van der Waals surface area contributed by atoms with Gasteiger partial charge in [0.25, 0.3) is 5.22 Å². The van der Waals surface area contributed by atoms with E-state index in [1.807, 2.05) is 48.5 Å². The van der Waals surface area contributed by atoms with Crippen LogP contribution in [0, 0.1) is 0 Å². The third-order valence-corrected chi connectivity index (χ3v) is 3.64. The molecule has 1 aromatic heterocycles. The van der Waals surface area contributed by atoms with Gasteiger partial charge in [-0.1, -0.05) is 42.5 Å². The van der Waals surface area contributed by atoms with Crippen LogP contribution in [0.1, 0.15) is 5.56 Å². The molecule has 0 aliphatic carbocycles. The summed E-state index contributed by atoms with van der Waals surface area (Å²) in [4.78, 5) is 15.8. The van der Waals surface area contributed by atoms with E-state index >= 15 is 0 Å². The predicted octanol–water partition coefficient (Wildman–Crippen LogP) is 4.05. The van der Waals surface area contributed by atoms with E-state index in [1.54, 1.807) is 12.1 Å². The molecule has 0 fully saturated rings. The Bertz CT molecular complexity index is 776. The van der Waals surface area contributed by atoms with Crippen molar-refractivity contribution >= 4 is 34.9 Å². The number of benzene rings is 2. The Labute approximate surface area is 125 Å². The fourth-order valence-electron chi connectivity index (χ4n) is 1.82. The quantitative estimate of drug-likeness (QED) is 0.581. The minimum absolute atomic E-state index is 0.160. The molecule has 0 aliphatic heterocycles. The SMILES string of the molecule is O=C(O)/C(=C/c1ccccc1)Sc1nc2ccccc2o1. The van der Waals surface area contributed by atoms with E-state index in [9.17, 15) is 9.90 Å². The number of para-hydroxylation sites is 2. The monoisotopic (exact) mass is 297 g/mol. The topological polar surface area (TPSA) is 63.3 Å². The summed E-state index contributed by atoms with van der Waals surface area (Å²) in [5.41, 5.74) is 2.17. The number of aromatic nitrogens is 1. The highest BCUT2D eigenvalue weighted by molar-refractivity contribution is 8.03. The molecule has 4 nitrogen and oxygen atoms in total. The molecule has 0 bridgehead atoms. The molecule has 0 atom stereocenters. The number of hydrogen-bond acceptors (Lipinski definition) is 4. The Morgan fingerprint density at radius 1 is 1.10 bits per heavy atom. The number of carboxylic acid groups (broad SMARTS) is 1. The normalized spacial score (nSPS) is 11.7. The average molecular weight is 297 g/mol. The van der Waals surface area contributed by atoms with Crippen LogP contribution in [0.2, 0.25) is 0 Å². The van der Waals surface area contributed by atoms with E-state index in [2.05, 4.69) is 4.98 Å². The van der Waals surface area contributed by atoms with Crippen molar-refractivity contribution in [3.63, 3.8) is 0 Å². The number of aliphatic carboxylic acids is 1. The molecular weight excluding hydrogens is 286 g/mol. The molecule has 21 heavy (non-hydrogen) atoms. The summed E-state index contributed by atoms with van der Waals surface area (Å²) in [6.45, 7) is 0. The van der Waals surface area contributed by atoms with E-state index in [0.717, 1.165) is 17.3 Å². The molecule has 0 aliphatic rings. The number of rotatable bonds is 4. The number of thioether (sulfide) groups is 1. The third-order valence-electron chi connectivity index (χ3n) is 2.78. The van der Waals surface area contributed by atoms with Crippen LogP contribution < -0.4 is 0 Å². The number of carbonyl (C=O) groups is 1. The van der Waals surface area contributed by atoms with Crippen molar-refractivity contribution in [2.45, 2.75) is 5.22 Å². The Balaban J connectivity index is 1.92. The van der Waals surface area contributed by atoms with Gasteiger partial charge in [-0.3, -0.25) is 0 Å². The lowest BCUT2D eigenvalue weighted by molar-refractivity contribution is -0.131. The standard InChI is InChI=1S/C16H11NO3S/c18-15(19)14(10-11-6-2-1-3-7-11)21-16-17-12-8-4-5-9-13(12)20-16/h1-10H,(H,18,19)/b14-10-. The Morgan fingerprint density at radius 3 is 2.52 bits per heavy atom. The van der Waals surface area contributed by atoms with Gasteiger partial charge < -0.3 is 9.52 Å². The number of carboxylic acids is 1. The molecule has 3 aromatic rings. The first-order valence-electron chi connectivity index (χ1n) is 6.26. The summed E-state index contributed by atoms with van der Waals surface area (Å²) in [6.07, 6.45) is 1.60. The van der Waals surface area contributed by atoms with Gasteiger partial charge in [-0.15, -0.1) is 0 Å². The molecule has 104 valence electrons. The zero-order valence-electron chi connectivity index (χ0n) is 10.9. The summed E-state index contributed by atoms with van der Waals surface area (Å²) in [6, 6.07) is 16.6. The van der Waals surface area contributed by atoms with Crippen LogP contribution in [0.3, 0.4) is 0 Å². The molecule has 3 rings (SSSR count). The Morgan fingerprint density at radius 2 is 1.81 bits per heavy atom. The maximum atomic E-state index is 11.4. The number of fused-ring (bicyclic) bond motifs is 1. The van der Waals surface area contributed by atoms with Crippen LogP contribution in [-0.2, 0) is 4.79 Å². The number of hydrogen-bond donors (Lipinski definition) is 1. The van der Waals surface area contributed by atoms with E-state index < -0.39 is 5.97 Å². The van der Waals surface area contributed by atoms with Gasteiger partial charge in [-0.2, -0.15) is 0 Å². The van der Waals surface area contributed by atoms with Gasteiger partial charge in [0, 0.05) is 0 Å². The van der Waals surface area contributed by atoms with Crippen LogP contribution in [-0.4, -0.2) is 16.1 Å². The molecule has 0 saturated heterocycles. The lowest BCUT2D eigenvalue weighted by Crippen LogP contribution is -1.96. The lowest BCUT2D eigenvalue weighted by atomic mass is 10.2. The molecule has 0 amide bonds. The molecule has 0 spiro atoms. The second kappa shape index (κ2) is 5.85. The zero-order valence-corrected chi connectivity index (χ0v) is 11.7. The maximum Gasteiger partial charge on any atom is 0.342 e. The van der Waals surface area contributed by atoms with Gasteiger partial charge >= 0.3 is 5.97 Å². The fourth-order valence-corrected chi connectivity index (χ4v) is 2.57. The van der Waals surface area contributed by atoms with Crippen LogP contribution >= 0.6 is 11.8 Å². The molecule has 5 heteroatoms. The van der Waals surface area contributed by atoms with Crippen molar-refractivity contribution in [3.8, 4) is 0 Å². The second-order valence-electron chi connectivity index (χ2n) is 4.27. The minimum atomic E-state index is -1.01. The van der Waals surface area contributed by atoms with E-state index in [-0.39, 0.29) is 4.91 Å². The first kappa shape index (κ1) is 13.5. The summed E-state index contributed by atoms with van der Waals surface area (Å²) in [5.74, 6) is -1.01. The highest BCUT2D eigenvalue weighted by Crippen LogP contribution is 2.30. The maximum absolute atomic E-state index is 11.4. The first-order chi connectivity index (χ1) is 10.2. The summed E-state index contributed by atoms with van der Waals surface area (Å²) in [5, 5.41) is 9.63. The molecule has 0 saturated carbocycles. The molecule has 0 unspecified atom stereocenters. The molecular formula is C16H11NO3S. The van der Waals surface area contributed by atoms with Gasteiger partial charge in [0.2, 0.25) is 0 Å². The van der Waals surface area contributed by atoms with Crippen molar-refractivity contribution in [3.05, 3.63) is 65.1 Å². The third kappa shape index (κ3) is 3.14. The van der Waals surface area contributed by atoms with Gasteiger partial charge in [-0.25, -0.2) is 9.78 Å². The zero-order chi connectivity index (χ0) is 14.7. The largest absolute Gasteiger partial charge is 0.477 e. The number of nitrogens with zero attached hydrogens (tertiary/aromatic N) is 1. The van der Waals surface area contributed by atoms with Crippen molar-refractivity contribution in [2.75, 3.05) is 0 Å². The Kier molecular flexibility index (Phi) is 3.75. The van der Waals surface area contributed by atoms with Gasteiger partial charge in [0.05, 0.1) is 0 Å². The van der Waals surface area contributed by atoms with E-state index in [0.29, 0.717) is 16.3 Å². The van der Waals surface area contributed by atoms with Gasteiger partial charge in [0.15, 0.2) is 5.58 Å². The van der Waals surface area contributed by atoms with Crippen molar-refractivity contribution in [2.24, 2.45) is 0 Å². The van der Waals surface area contributed by atoms with E-state index in [4.69, 9.17) is 4.42 Å². The van der Waals surface area contributed by atoms with Gasteiger partial charge in [-0.05, 0) is 35.5 Å². The highest BCUT2D eigenvalue weighted by Gasteiger charge is 2.14. The van der Waals surface area contributed by atoms with Crippen LogP contribution in [0.15, 0.2) is 69.1 Å². The van der Waals surface area contributed by atoms with Crippen molar-refractivity contribution in [1.29, 1.82) is 0 Å².